The number of likely N-dealkylation sites (tertiary alicyclic amines) is 1. The average Bonchev–Trinajstić information content (AvgIpc) is 3.22. The molecule has 0 spiro atoms. The Labute approximate surface area is 182 Å². The van der Waals surface area contributed by atoms with Gasteiger partial charge < -0.3 is 10.2 Å². The number of nitrogens with one attached hydrogen (secondary N) is 1. The summed E-state index contributed by atoms with van der Waals surface area (Å²) in [7, 11) is 0. The predicted molar refractivity (Wildman–Crippen MR) is 121 cm³/mol. The molecule has 0 bridgehead atoms. The van der Waals surface area contributed by atoms with E-state index < -0.39 is 0 Å². The fourth-order valence-electron chi connectivity index (χ4n) is 4.15. The summed E-state index contributed by atoms with van der Waals surface area (Å²) < 4.78 is 15.0. The van der Waals surface area contributed by atoms with Crippen molar-refractivity contribution in [2.45, 2.75) is 39.2 Å². The monoisotopic (exact) mass is 420 g/mol. The third kappa shape index (κ3) is 5.02. The summed E-state index contributed by atoms with van der Waals surface area (Å²) in [5.41, 5.74) is 3.87. The lowest BCUT2D eigenvalue weighted by Gasteiger charge is -2.32. The van der Waals surface area contributed by atoms with E-state index in [1.807, 2.05) is 31.2 Å². The highest BCUT2D eigenvalue weighted by Gasteiger charge is 2.24. The molecule has 162 valence electrons. The fourth-order valence-corrected chi connectivity index (χ4v) is 4.15. The maximum atomic E-state index is 13.4. The molecule has 0 radical (unpaired) electrons. The fraction of sp³-hybridized carbons (Fsp3) is 0.360. The van der Waals surface area contributed by atoms with Crippen molar-refractivity contribution in [3.63, 3.8) is 0 Å². The number of hydrogen-bond acceptors (Lipinski definition) is 3. The highest BCUT2D eigenvalue weighted by Crippen LogP contribution is 2.25. The lowest BCUT2D eigenvalue weighted by atomic mass is 10.0. The van der Waals surface area contributed by atoms with Crippen molar-refractivity contribution in [1.82, 2.24) is 20.0 Å². The molecule has 31 heavy (non-hydrogen) atoms. The van der Waals surface area contributed by atoms with Crippen LogP contribution in [0.25, 0.3) is 16.9 Å². The average molecular weight is 421 g/mol. The molecule has 2 heterocycles. The summed E-state index contributed by atoms with van der Waals surface area (Å²) in [4.78, 5) is 15.7. The lowest BCUT2D eigenvalue weighted by Crippen LogP contribution is -2.44. The number of carbonyl (C=O) groups excluding carboxylic acids is 1. The SMILES string of the molecule is CCCN1CCC(NC(=O)c2cn(-c3ccc(F)cc3)nc2-c2cccc(C)c2)CC1. The second-order valence-corrected chi connectivity index (χ2v) is 8.27. The van der Waals surface area contributed by atoms with Crippen LogP contribution in [0.1, 0.15) is 42.1 Å². The zero-order valence-corrected chi connectivity index (χ0v) is 18.1. The summed E-state index contributed by atoms with van der Waals surface area (Å²) in [6, 6.07) is 14.3. The first-order chi connectivity index (χ1) is 15.0. The number of benzene rings is 2. The summed E-state index contributed by atoms with van der Waals surface area (Å²) in [5, 5.41) is 7.91. The third-order valence-electron chi connectivity index (χ3n) is 5.80. The Kier molecular flexibility index (Phi) is 6.47. The predicted octanol–water partition coefficient (Wildman–Crippen LogP) is 4.59. The van der Waals surface area contributed by atoms with E-state index in [1.54, 1.807) is 23.0 Å². The van der Waals surface area contributed by atoms with Gasteiger partial charge in [-0.2, -0.15) is 5.10 Å². The Morgan fingerprint density at radius 2 is 1.90 bits per heavy atom. The van der Waals surface area contributed by atoms with E-state index >= 15 is 0 Å². The Morgan fingerprint density at radius 1 is 1.16 bits per heavy atom. The van der Waals surface area contributed by atoms with Crippen molar-refractivity contribution >= 4 is 5.91 Å². The highest BCUT2D eigenvalue weighted by molar-refractivity contribution is 6.00. The Morgan fingerprint density at radius 3 is 2.58 bits per heavy atom. The molecule has 1 N–H and O–H groups in total. The van der Waals surface area contributed by atoms with E-state index in [0.29, 0.717) is 16.9 Å². The van der Waals surface area contributed by atoms with Crippen LogP contribution in [0.2, 0.25) is 0 Å². The lowest BCUT2D eigenvalue weighted by molar-refractivity contribution is 0.0912. The van der Waals surface area contributed by atoms with Crippen LogP contribution in [-0.2, 0) is 0 Å². The van der Waals surface area contributed by atoms with Gasteiger partial charge in [0.1, 0.15) is 11.5 Å². The number of aryl methyl sites for hydroxylation is 1. The van der Waals surface area contributed by atoms with Gasteiger partial charge in [0.25, 0.3) is 5.91 Å². The molecule has 1 aromatic heterocycles. The molecule has 1 aliphatic heterocycles. The molecule has 2 aromatic carbocycles. The molecular formula is C25H29FN4O. The van der Waals surface area contributed by atoms with Gasteiger partial charge in [-0.15, -0.1) is 0 Å². The van der Waals surface area contributed by atoms with Crippen molar-refractivity contribution < 1.29 is 9.18 Å². The van der Waals surface area contributed by atoms with Crippen LogP contribution in [0.5, 0.6) is 0 Å². The second-order valence-electron chi connectivity index (χ2n) is 8.27. The van der Waals surface area contributed by atoms with Crippen molar-refractivity contribution in [1.29, 1.82) is 0 Å². The number of rotatable bonds is 6. The first kappa shape index (κ1) is 21.2. The van der Waals surface area contributed by atoms with Gasteiger partial charge in [0.15, 0.2) is 0 Å². The van der Waals surface area contributed by atoms with Crippen LogP contribution < -0.4 is 5.32 Å². The summed E-state index contributed by atoms with van der Waals surface area (Å²) >= 11 is 0. The van der Waals surface area contributed by atoms with E-state index in [1.165, 1.54) is 12.1 Å². The van der Waals surface area contributed by atoms with E-state index in [4.69, 9.17) is 5.10 Å². The molecule has 6 heteroatoms. The van der Waals surface area contributed by atoms with Gasteiger partial charge in [-0.3, -0.25) is 4.79 Å². The molecule has 0 aliphatic carbocycles. The molecule has 5 nitrogen and oxygen atoms in total. The molecule has 1 aliphatic rings. The van der Waals surface area contributed by atoms with Gasteiger partial charge in [0, 0.05) is 30.9 Å². The molecule has 1 fully saturated rings. The van der Waals surface area contributed by atoms with Crippen LogP contribution in [0.3, 0.4) is 0 Å². The zero-order chi connectivity index (χ0) is 21.8. The Bertz CT molecular complexity index is 1040. The Balaban J connectivity index is 1.60. The van der Waals surface area contributed by atoms with E-state index in [9.17, 15) is 9.18 Å². The minimum atomic E-state index is -0.304. The molecule has 0 atom stereocenters. The summed E-state index contributed by atoms with van der Waals surface area (Å²) in [6.07, 6.45) is 4.81. The minimum Gasteiger partial charge on any atom is -0.349 e. The van der Waals surface area contributed by atoms with E-state index in [-0.39, 0.29) is 17.8 Å². The number of aromatic nitrogens is 2. The zero-order valence-electron chi connectivity index (χ0n) is 18.1. The maximum Gasteiger partial charge on any atom is 0.255 e. The van der Waals surface area contributed by atoms with E-state index in [0.717, 1.165) is 50.0 Å². The number of piperidine rings is 1. The van der Waals surface area contributed by atoms with Crippen molar-refractivity contribution in [3.8, 4) is 16.9 Å². The van der Waals surface area contributed by atoms with Gasteiger partial charge in [-0.1, -0.05) is 30.7 Å². The van der Waals surface area contributed by atoms with Crippen LogP contribution in [-0.4, -0.2) is 46.3 Å². The molecule has 1 saturated heterocycles. The number of nitrogens with zero attached hydrogens (tertiary/aromatic N) is 3. The Hall–Kier alpha value is -2.99. The summed E-state index contributed by atoms with van der Waals surface area (Å²) in [6.45, 7) is 7.35. The number of halogens is 1. The normalized spacial score (nSPS) is 15.2. The van der Waals surface area contributed by atoms with Gasteiger partial charge in [0.05, 0.1) is 11.3 Å². The van der Waals surface area contributed by atoms with Crippen molar-refractivity contribution in [3.05, 3.63) is 71.7 Å². The quantitative estimate of drug-likeness (QED) is 0.635. The van der Waals surface area contributed by atoms with E-state index in [2.05, 4.69) is 17.1 Å². The van der Waals surface area contributed by atoms with Crippen molar-refractivity contribution in [2.24, 2.45) is 0 Å². The topological polar surface area (TPSA) is 50.2 Å². The number of hydrogen-bond donors (Lipinski definition) is 1. The largest absolute Gasteiger partial charge is 0.349 e. The van der Waals surface area contributed by atoms with Gasteiger partial charge in [-0.05, 0) is 63.1 Å². The molecule has 4 rings (SSSR count). The minimum absolute atomic E-state index is 0.112. The first-order valence-electron chi connectivity index (χ1n) is 11.0. The van der Waals surface area contributed by atoms with Crippen LogP contribution in [0, 0.1) is 12.7 Å². The summed E-state index contributed by atoms with van der Waals surface area (Å²) in [5.74, 6) is -0.416. The third-order valence-corrected chi connectivity index (χ3v) is 5.80. The van der Waals surface area contributed by atoms with Gasteiger partial charge in [-0.25, -0.2) is 9.07 Å². The molecule has 3 aromatic rings. The number of amides is 1. The maximum absolute atomic E-state index is 13.4. The molecule has 1 amide bonds. The molecule has 0 saturated carbocycles. The molecular weight excluding hydrogens is 391 g/mol. The number of carbonyl (C=O) groups is 1. The molecule has 0 unspecified atom stereocenters. The van der Waals surface area contributed by atoms with Gasteiger partial charge in [0.2, 0.25) is 0 Å². The smallest absolute Gasteiger partial charge is 0.255 e. The van der Waals surface area contributed by atoms with Crippen LogP contribution in [0.4, 0.5) is 4.39 Å². The van der Waals surface area contributed by atoms with Crippen LogP contribution >= 0.6 is 0 Å². The standard InChI is InChI=1S/C25H29FN4O/c1-3-13-29-14-11-21(12-15-29)27-25(31)23-17-30(22-9-7-20(26)8-10-22)28-24(23)19-6-4-5-18(2)16-19/h4-10,16-17,21H,3,11-15H2,1-2H3,(H,27,31). The van der Waals surface area contributed by atoms with Crippen molar-refractivity contribution in [2.75, 3.05) is 19.6 Å². The van der Waals surface area contributed by atoms with Crippen LogP contribution in [0.15, 0.2) is 54.7 Å². The highest BCUT2D eigenvalue weighted by atomic mass is 19.1. The van der Waals surface area contributed by atoms with Gasteiger partial charge >= 0.3 is 0 Å². The second kappa shape index (κ2) is 9.43. The first-order valence-corrected chi connectivity index (χ1v) is 11.0.